The van der Waals surface area contributed by atoms with E-state index in [0.29, 0.717) is 43.2 Å². The molecular formula is C25H26FN3O4S. The number of sulfonamides is 1. The van der Waals surface area contributed by atoms with Crippen molar-refractivity contribution < 1.29 is 22.3 Å². The zero-order valence-electron chi connectivity index (χ0n) is 19.0. The Kier molecular flexibility index (Phi) is 6.85. The van der Waals surface area contributed by atoms with E-state index in [9.17, 15) is 17.6 Å². The van der Waals surface area contributed by atoms with Gasteiger partial charge in [-0.1, -0.05) is 18.2 Å². The Morgan fingerprint density at radius 3 is 2.44 bits per heavy atom. The number of aryl methyl sites for hydroxylation is 2. The summed E-state index contributed by atoms with van der Waals surface area (Å²) >= 11 is 0. The number of hydrogen-bond donors (Lipinski definition) is 2. The largest absolute Gasteiger partial charge is 0.378 e. The summed E-state index contributed by atoms with van der Waals surface area (Å²) in [6.45, 7) is 5.84. The molecule has 34 heavy (non-hydrogen) atoms. The van der Waals surface area contributed by atoms with Crippen molar-refractivity contribution in [1.29, 1.82) is 0 Å². The molecule has 9 heteroatoms. The molecule has 0 aromatic heterocycles. The fraction of sp³-hybridized carbons (Fsp3) is 0.240. The Hall–Kier alpha value is -3.43. The highest BCUT2D eigenvalue weighted by molar-refractivity contribution is 7.92. The van der Waals surface area contributed by atoms with Gasteiger partial charge in [-0.05, 0) is 67.4 Å². The smallest absolute Gasteiger partial charge is 0.261 e. The third-order valence-corrected chi connectivity index (χ3v) is 6.97. The maximum Gasteiger partial charge on any atom is 0.261 e. The molecule has 1 amide bonds. The summed E-state index contributed by atoms with van der Waals surface area (Å²) in [7, 11) is -3.91. The van der Waals surface area contributed by atoms with Gasteiger partial charge in [-0.3, -0.25) is 9.52 Å². The molecule has 0 bridgehead atoms. The van der Waals surface area contributed by atoms with Crippen molar-refractivity contribution in [3.8, 4) is 0 Å². The van der Waals surface area contributed by atoms with E-state index in [1.54, 1.807) is 43.3 Å². The Morgan fingerprint density at radius 2 is 1.74 bits per heavy atom. The summed E-state index contributed by atoms with van der Waals surface area (Å²) in [5, 5.41) is 2.67. The molecule has 0 atom stereocenters. The summed E-state index contributed by atoms with van der Waals surface area (Å²) in [5.74, 6) is -0.973. The molecular weight excluding hydrogens is 457 g/mol. The zero-order valence-corrected chi connectivity index (χ0v) is 19.8. The topological polar surface area (TPSA) is 87.7 Å². The fourth-order valence-corrected chi connectivity index (χ4v) is 4.85. The third kappa shape index (κ3) is 5.37. The van der Waals surface area contributed by atoms with Crippen LogP contribution in [0.4, 0.5) is 21.5 Å². The molecule has 1 aliphatic rings. The van der Waals surface area contributed by atoms with Crippen LogP contribution in [0.15, 0.2) is 65.6 Å². The Morgan fingerprint density at radius 1 is 0.971 bits per heavy atom. The summed E-state index contributed by atoms with van der Waals surface area (Å²) in [5.41, 5.74) is 2.86. The Bertz CT molecular complexity index is 1320. The van der Waals surface area contributed by atoms with Crippen molar-refractivity contribution in [1.82, 2.24) is 0 Å². The second-order valence-corrected chi connectivity index (χ2v) is 9.85. The monoisotopic (exact) mass is 483 g/mol. The van der Waals surface area contributed by atoms with Crippen molar-refractivity contribution >= 4 is 33.0 Å². The van der Waals surface area contributed by atoms with Gasteiger partial charge >= 0.3 is 0 Å². The Labute approximate surface area is 198 Å². The molecule has 0 saturated carbocycles. The predicted molar refractivity (Wildman–Crippen MR) is 131 cm³/mol. The van der Waals surface area contributed by atoms with E-state index in [4.69, 9.17) is 4.74 Å². The fourth-order valence-electron chi connectivity index (χ4n) is 3.78. The second kappa shape index (κ2) is 9.82. The van der Waals surface area contributed by atoms with Gasteiger partial charge in [-0.25, -0.2) is 12.8 Å². The summed E-state index contributed by atoms with van der Waals surface area (Å²) < 4.78 is 48.3. The van der Waals surface area contributed by atoms with Gasteiger partial charge in [-0.2, -0.15) is 0 Å². The van der Waals surface area contributed by atoms with E-state index in [1.165, 1.54) is 18.2 Å². The number of benzene rings is 3. The van der Waals surface area contributed by atoms with E-state index in [1.807, 2.05) is 17.9 Å². The van der Waals surface area contributed by atoms with Crippen LogP contribution < -0.4 is 14.9 Å². The first kappa shape index (κ1) is 23.7. The lowest BCUT2D eigenvalue weighted by atomic mass is 10.1. The van der Waals surface area contributed by atoms with Crippen LogP contribution in [0.3, 0.4) is 0 Å². The number of anilines is 3. The molecule has 0 aliphatic carbocycles. The lowest BCUT2D eigenvalue weighted by Gasteiger charge is -2.29. The van der Waals surface area contributed by atoms with Gasteiger partial charge in [0.2, 0.25) is 0 Å². The molecule has 2 N–H and O–H groups in total. The van der Waals surface area contributed by atoms with E-state index < -0.39 is 21.7 Å². The number of carbonyl (C=O) groups excluding carboxylic acids is 1. The highest BCUT2D eigenvalue weighted by Crippen LogP contribution is 2.25. The number of ether oxygens (including phenoxy) is 1. The number of nitrogens with one attached hydrogen (secondary N) is 2. The number of rotatable bonds is 6. The minimum Gasteiger partial charge on any atom is -0.378 e. The number of morpholine rings is 1. The number of carbonyl (C=O) groups is 1. The van der Waals surface area contributed by atoms with Gasteiger partial charge in [0.25, 0.3) is 15.9 Å². The van der Waals surface area contributed by atoms with Gasteiger partial charge in [-0.15, -0.1) is 0 Å². The molecule has 3 aromatic carbocycles. The van der Waals surface area contributed by atoms with Crippen molar-refractivity contribution in [2.45, 2.75) is 18.7 Å². The molecule has 1 aliphatic heterocycles. The van der Waals surface area contributed by atoms with Gasteiger partial charge in [0.05, 0.1) is 23.8 Å². The van der Waals surface area contributed by atoms with Crippen LogP contribution in [-0.2, 0) is 14.8 Å². The van der Waals surface area contributed by atoms with Crippen LogP contribution in [0.1, 0.15) is 21.5 Å². The average molecular weight is 484 g/mol. The molecule has 0 radical (unpaired) electrons. The normalized spacial score (nSPS) is 14.0. The van der Waals surface area contributed by atoms with Crippen molar-refractivity contribution in [3.63, 3.8) is 0 Å². The van der Waals surface area contributed by atoms with Crippen LogP contribution >= 0.6 is 0 Å². The maximum absolute atomic E-state index is 14.7. The summed E-state index contributed by atoms with van der Waals surface area (Å²) in [6, 6.07) is 15.8. The molecule has 1 heterocycles. The lowest BCUT2D eigenvalue weighted by Crippen LogP contribution is -2.36. The van der Waals surface area contributed by atoms with Crippen molar-refractivity contribution in [2.75, 3.05) is 41.2 Å². The number of amides is 1. The predicted octanol–water partition coefficient (Wildman–Crippen LogP) is 4.33. The van der Waals surface area contributed by atoms with Gasteiger partial charge < -0.3 is 15.0 Å². The van der Waals surface area contributed by atoms with E-state index in [2.05, 4.69) is 10.0 Å². The molecule has 4 rings (SSSR count). The minimum atomic E-state index is -3.91. The van der Waals surface area contributed by atoms with Crippen LogP contribution in [0.25, 0.3) is 0 Å². The Balaban J connectivity index is 1.53. The van der Waals surface area contributed by atoms with Crippen LogP contribution in [-0.4, -0.2) is 40.6 Å². The maximum atomic E-state index is 14.7. The van der Waals surface area contributed by atoms with Crippen LogP contribution in [0, 0.1) is 19.7 Å². The SMILES string of the molecule is Cc1cccc(NS(=O)(=O)c2ccc(C)c(C(=O)Nc3ccc(N4CCOCC4)c(F)c3)c2)c1. The first-order chi connectivity index (χ1) is 16.2. The highest BCUT2D eigenvalue weighted by Gasteiger charge is 2.20. The van der Waals surface area contributed by atoms with Crippen molar-refractivity contribution in [2.24, 2.45) is 0 Å². The molecule has 0 unspecified atom stereocenters. The molecule has 3 aromatic rings. The number of hydrogen-bond acceptors (Lipinski definition) is 5. The number of halogens is 1. The third-order valence-electron chi connectivity index (χ3n) is 5.59. The lowest BCUT2D eigenvalue weighted by molar-refractivity contribution is 0.102. The van der Waals surface area contributed by atoms with E-state index in [0.717, 1.165) is 5.56 Å². The molecule has 1 fully saturated rings. The molecule has 0 spiro atoms. The quantitative estimate of drug-likeness (QED) is 0.545. The molecule has 1 saturated heterocycles. The standard InChI is InChI=1S/C25H26FN3O4S/c1-17-4-3-5-20(14-17)28-34(31,32)21-8-6-18(2)22(16-21)25(30)27-19-7-9-24(23(26)15-19)29-10-12-33-13-11-29/h3-9,14-16,28H,10-13H2,1-2H3,(H,27,30). The second-order valence-electron chi connectivity index (χ2n) is 8.17. The molecule has 178 valence electrons. The van der Waals surface area contributed by atoms with Crippen LogP contribution in [0.2, 0.25) is 0 Å². The average Bonchev–Trinajstić information content (AvgIpc) is 2.79. The van der Waals surface area contributed by atoms with Crippen molar-refractivity contribution in [3.05, 3.63) is 83.2 Å². The summed E-state index contributed by atoms with van der Waals surface area (Å²) in [6.07, 6.45) is 0. The molecule has 7 nitrogen and oxygen atoms in total. The first-order valence-corrected chi connectivity index (χ1v) is 12.3. The van der Waals surface area contributed by atoms with Gasteiger partial charge in [0.1, 0.15) is 5.82 Å². The zero-order chi connectivity index (χ0) is 24.3. The number of nitrogens with zero attached hydrogens (tertiary/aromatic N) is 1. The van der Waals surface area contributed by atoms with Crippen LogP contribution in [0.5, 0.6) is 0 Å². The summed E-state index contributed by atoms with van der Waals surface area (Å²) in [4.78, 5) is 14.8. The highest BCUT2D eigenvalue weighted by atomic mass is 32.2. The minimum absolute atomic E-state index is 0.0430. The van der Waals surface area contributed by atoms with Gasteiger partial charge in [0.15, 0.2) is 0 Å². The van der Waals surface area contributed by atoms with Gasteiger partial charge in [0, 0.05) is 30.0 Å². The van der Waals surface area contributed by atoms with E-state index in [-0.39, 0.29) is 16.1 Å². The van der Waals surface area contributed by atoms with E-state index >= 15 is 0 Å². The first-order valence-electron chi connectivity index (χ1n) is 10.9.